The van der Waals surface area contributed by atoms with E-state index in [-0.39, 0.29) is 23.9 Å². The molecule has 12 nitrogen and oxygen atoms in total. The first-order valence-electron chi connectivity index (χ1n) is 30.4. The molecular formula is C62H120N2O10. The smallest absolute Gasteiger partial charge is 0.306 e. The fourth-order valence-electron chi connectivity index (χ4n) is 8.15. The highest BCUT2D eigenvalue weighted by molar-refractivity contribution is 5.69. The standard InChI is InChI=1S/C31H59NO6.C31H61NO4/c1-5-6-7-8-9-10-11-15-21-26-38-31(34)23-18-16-20-25-37-28-29(32(2)3)27-36-24-19-14-12-13-17-22-30(33)35-4;1-5-6-7-8-9-10-11-12-13-14-15-16-17-18-20-23-26-35-28-30(32(2)3)29-36-27-24-21-19-22-25-31(33)34-4/h15,21,29H,5-14,16-20,22-28H2,1-4H3;12-13,30H,5-11,14-29H2,1-4H3/b21-15-;13-12-. The number of nitrogens with zero attached hydrogens (tertiary/aromatic N) is 2. The minimum absolute atomic E-state index is 0.110. The fourth-order valence-corrected chi connectivity index (χ4v) is 8.15. The summed E-state index contributed by atoms with van der Waals surface area (Å²) in [4.78, 5) is 38.4. The van der Waals surface area contributed by atoms with E-state index in [1.807, 2.05) is 20.2 Å². The number of allylic oxidation sites excluding steroid dienone is 3. The van der Waals surface area contributed by atoms with Crippen molar-refractivity contribution in [3.63, 3.8) is 0 Å². The minimum atomic E-state index is -0.123. The molecule has 438 valence electrons. The molecule has 0 N–H and O–H groups in total. The van der Waals surface area contributed by atoms with Crippen molar-refractivity contribution in [3.05, 3.63) is 24.3 Å². The van der Waals surface area contributed by atoms with Crippen molar-refractivity contribution < 1.29 is 47.5 Å². The highest BCUT2D eigenvalue weighted by Crippen LogP contribution is 2.13. The highest BCUT2D eigenvalue weighted by atomic mass is 16.5. The number of esters is 3. The zero-order chi connectivity index (χ0) is 54.6. The predicted molar refractivity (Wildman–Crippen MR) is 309 cm³/mol. The van der Waals surface area contributed by atoms with E-state index in [0.29, 0.717) is 58.3 Å². The van der Waals surface area contributed by atoms with E-state index >= 15 is 0 Å². The van der Waals surface area contributed by atoms with Crippen LogP contribution in [0.3, 0.4) is 0 Å². The van der Waals surface area contributed by atoms with Crippen LogP contribution in [0.15, 0.2) is 24.3 Å². The number of unbranched alkanes of at least 4 members (excludes halogenated alkanes) is 27. The molecule has 0 radical (unpaired) electrons. The van der Waals surface area contributed by atoms with E-state index in [1.54, 1.807) is 0 Å². The molecule has 2 atom stereocenters. The summed E-state index contributed by atoms with van der Waals surface area (Å²) in [7, 11) is 11.2. The first-order chi connectivity index (χ1) is 36.1. The topological polar surface area (TPSA) is 122 Å². The molecule has 0 aliphatic heterocycles. The Morgan fingerprint density at radius 3 is 0.946 bits per heavy atom. The van der Waals surface area contributed by atoms with Gasteiger partial charge in [-0.05, 0) is 112 Å². The number of hydrogen-bond acceptors (Lipinski definition) is 12. The Bertz CT molecular complexity index is 1230. The quantitative estimate of drug-likeness (QED) is 0.0249. The molecule has 0 spiro atoms. The molecule has 0 rings (SSSR count). The summed E-state index contributed by atoms with van der Waals surface area (Å²) in [5.74, 6) is -0.346. The number of carbonyl (C=O) groups is 3. The third kappa shape index (κ3) is 58.9. The van der Waals surface area contributed by atoms with Gasteiger partial charge in [0.1, 0.15) is 6.61 Å². The molecule has 74 heavy (non-hydrogen) atoms. The molecule has 0 bridgehead atoms. The van der Waals surface area contributed by atoms with Gasteiger partial charge in [-0.2, -0.15) is 0 Å². The summed E-state index contributed by atoms with van der Waals surface area (Å²) >= 11 is 0. The molecule has 12 heteroatoms. The summed E-state index contributed by atoms with van der Waals surface area (Å²) in [5.41, 5.74) is 0. The third-order valence-corrected chi connectivity index (χ3v) is 13.4. The van der Waals surface area contributed by atoms with Gasteiger partial charge in [-0.3, -0.25) is 14.4 Å². The van der Waals surface area contributed by atoms with E-state index in [0.717, 1.165) is 116 Å². The van der Waals surface area contributed by atoms with Crippen LogP contribution in [0, 0.1) is 0 Å². The summed E-state index contributed by atoms with van der Waals surface area (Å²) < 4.78 is 38.2. The molecule has 0 aromatic carbocycles. The number of carbonyl (C=O) groups excluding carboxylic acids is 3. The maximum absolute atomic E-state index is 11.9. The van der Waals surface area contributed by atoms with Gasteiger partial charge in [-0.1, -0.05) is 167 Å². The number of rotatable bonds is 56. The molecular weight excluding hydrogens is 933 g/mol. The van der Waals surface area contributed by atoms with Crippen LogP contribution >= 0.6 is 0 Å². The molecule has 0 aliphatic rings. The average Bonchev–Trinajstić information content (AvgIpc) is 3.39. The van der Waals surface area contributed by atoms with Crippen molar-refractivity contribution >= 4 is 17.9 Å². The predicted octanol–water partition coefficient (Wildman–Crippen LogP) is 15.0. The molecule has 0 fully saturated rings. The van der Waals surface area contributed by atoms with Crippen LogP contribution < -0.4 is 0 Å². The number of ether oxygens (including phenoxy) is 7. The van der Waals surface area contributed by atoms with Crippen molar-refractivity contribution in [1.29, 1.82) is 0 Å². The van der Waals surface area contributed by atoms with Gasteiger partial charge in [0, 0.05) is 45.7 Å². The largest absolute Gasteiger partial charge is 0.469 e. The zero-order valence-corrected chi connectivity index (χ0v) is 49.8. The lowest BCUT2D eigenvalue weighted by Crippen LogP contribution is -2.37. The van der Waals surface area contributed by atoms with Gasteiger partial charge in [-0.15, -0.1) is 0 Å². The second kappa shape index (κ2) is 61.5. The van der Waals surface area contributed by atoms with Crippen LogP contribution in [-0.2, 0) is 47.5 Å². The van der Waals surface area contributed by atoms with E-state index in [4.69, 9.17) is 23.7 Å². The Kier molecular flexibility index (Phi) is 61.3. The Morgan fingerprint density at radius 1 is 0.351 bits per heavy atom. The Morgan fingerprint density at radius 2 is 0.622 bits per heavy atom. The summed E-state index contributed by atoms with van der Waals surface area (Å²) in [6, 6.07) is 0.539. The molecule has 0 aliphatic carbocycles. The van der Waals surface area contributed by atoms with Gasteiger partial charge in [0.15, 0.2) is 0 Å². The van der Waals surface area contributed by atoms with Crippen molar-refractivity contribution in [2.45, 2.75) is 257 Å². The van der Waals surface area contributed by atoms with E-state index in [9.17, 15) is 14.4 Å². The summed E-state index contributed by atoms with van der Waals surface area (Å²) in [5, 5.41) is 0. The van der Waals surface area contributed by atoms with Crippen LogP contribution in [0.4, 0.5) is 0 Å². The van der Waals surface area contributed by atoms with Crippen LogP contribution in [0.2, 0.25) is 0 Å². The molecule has 0 saturated carbocycles. The van der Waals surface area contributed by atoms with Gasteiger partial charge in [0.25, 0.3) is 0 Å². The van der Waals surface area contributed by atoms with E-state index in [1.165, 1.54) is 136 Å². The summed E-state index contributed by atoms with van der Waals surface area (Å²) in [6.45, 7) is 10.7. The Balaban J connectivity index is 0. The Labute approximate surface area is 456 Å². The van der Waals surface area contributed by atoms with Crippen LogP contribution in [0.25, 0.3) is 0 Å². The first kappa shape index (κ1) is 73.7. The van der Waals surface area contributed by atoms with E-state index in [2.05, 4.69) is 65.4 Å². The molecule has 0 amide bonds. The fraction of sp³-hybridized carbons (Fsp3) is 0.887. The van der Waals surface area contributed by atoms with Gasteiger partial charge < -0.3 is 43.0 Å². The maximum atomic E-state index is 11.9. The molecule has 0 aromatic heterocycles. The lowest BCUT2D eigenvalue weighted by atomic mass is 10.1. The van der Waals surface area contributed by atoms with Gasteiger partial charge in [-0.25, -0.2) is 0 Å². The Hall–Kier alpha value is -2.35. The second-order valence-electron chi connectivity index (χ2n) is 20.8. The maximum Gasteiger partial charge on any atom is 0.306 e. The third-order valence-electron chi connectivity index (χ3n) is 13.4. The average molecular weight is 1050 g/mol. The van der Waals surface area contributed by atoms with Crippen molar-refractivity contribution in [2.24, 2.45) is 0 Å². The number of methoxy groups -OCH3 is 2. The molecule has 0 aromatic rings. The van der Waals surface area contributed by atoms with Gasteiger partial charge >= 0.3 is 17.9 Å². The lowest BCUT2D eigenvalue weighted by molar-refractivity contribution is -0.143. The number of hydrogen-bond donors (Lipinski definition) is 0. The van der Waals surface area contributed by atoms with Gasteiger partial charge in [0.2, 0.25) is 0 Å². The van der Waals surface area contributed by atoms with Crippen LogP contribution in [0.1, 0.15) is 245 Å². The lowest BCUT2D eigenvalue weighted by Gasteiger charge is -2.24. The van der Waals surface area contributed by atoms with Crippen molar-refractivity contribution in [2.75, 3.05) is 102 Å². The van der Waals surface area contributed by atoms with E-state index < -0.39 is 0 Å². The van der Waals surface area contributed by atoms with Gasteiger partial charge in [0.05, 0.1) is 52.7 Å². The summed E-state index contributed by atoms with van der Waals surface area (Å²) in [6.07, 6.45) is 50.0. The zero-order valence-electron chi connectivity index (χ0n) is 49.8. The minimum Gasteiger partial charge on any atom is -0.469 e. The SMILES string of the molecule is CCCCCCCC/C=C\CCCCCCCCOCC(COCCCCCCC(=O)OC)N(C)C.CCCCCCCC/C=C\COC(=O)CCCCCOCC(COCCCCCCCC(=O)OC)N(C)C. The molecule has 0 saturated heterocycles. The van der Waals surface area contributed by atoms with Crippen LogP contribution in [-0.4, -0.2) is 142 Å². The first-order valence-corrected chi connectivity index (χ1v) is 30.4. The normalized spacial score (nSPS) is 12.5. The molecule has 0 heterocycles. The van der Waals surface area contributed by atoms with Crippen LogP contribution in [0.5, 0.6) is 0 Å². The van der Waals surface area contributed by atoms with Crippen molar-refractivity contribution in [3.8, 4) is 0 Å². The van der Waals surface area contributed by atoms with Crippen molar-refractivity contribution in [1.82, 2.24) is 9.80 Å². The highest BCUT2D eigenvalue weighted by Gasteiger charge is 2.13. The second-order valence-corrected chi connectivity index (χ2v) is 20.8. The number of likely N-dealkylation sites (N-methyl/N-ethyl adjacent to an activating group) is 2. The monoisotopic (exact) mass is 1050 g/mol. The molecule has 2 unspecified atom stereocenters.